The molecular formula is C28H22O9. The second-order valence-corrected chi connectivity index (χ2v) is 8.60. The van der Waals surface area contributed by atoms with E-state index in [0.29, 0.717) is 56.9 Å². The fourth-order valence-corrected chi connectivity index (χ4v) is 4.84. The first-order chi connectivity index (χ1) is 18.0. The summed E-state index contributed by atoms with van der Waals surface area (Å²) in [6, 6.07) is 12.2. The minimum absolute atomic E-state index is 0.0541. The van der Waals surface area contributed by atoms with Crippen LogP contribution in [-0.4, -0.2) is 39.9 Å². The molecular weight excluding hydrogens is 480 g/mol. The van der Waals surface area contributed by atoms with Gasteiger partial charge in [0, 0.05) is 11.5 Å². The molecule has 0 N–H and O–H groups in total. The van der Waals surface area contributed by atoms with Crippen molar-refractivity contribution >= 4 is 17.8 Å². The second kappa shape index (κ2) is 8.77. The minimum atomic E-state index is -0.456. The third-order valence-electron chi connectivity index (χ3n) is 6.57. The number of hydrogen-bond donors (Lipinski definition) is 0. The van der Waals surface area contributed by atoms with E-state index < -0.39 is 5.92 Å². The van der Waals surface area contributed by atoms with Crippen LogP contribution in [0.15, 0.2) is 48.2 Å². The molecule has 0 amide bonds. The largest absolute Gasteiger partial charge is 0.493 e. The van der Waals surface area contributed by atoms with Crippen LogP contribution in [0.3, 0.4) is 0 Å². The molecule has 0 bridgehead atoms. The number of rotatable bonds is 5. The van der Waals surface area contributed by atoms with Gasteiger partial charge in [-0.05, 0) is 53.6 Å². The number of methoxy groups -OCH3 is 3. The van der Waals surface area contributed by atoms with Crippen molar-refractivity contribution in [3.63, 3.8) is 0 Å². The van der Waals surface area contributed by atoms with Crippen molar-refractivity contribution in [2.24, 2.45) is 0 Å². The SMILES string of the molecule is COc1ccc(/C=C2\Oc3c(ccc4c3C(c3cc(OC)c5c(c3)OCO5)CC(=O)O4)C2=O)cc1OC. The van der Waals surface area contributed by atoms with Gasteiger partial charge in [-0.15, -0.1) is 0 Å². The lowest BCUT2D eigenvalue weighted by Crippen LogP contribution is -2.21. The van der Waals surface area contributed by atoms with Crippen molar-refractivity contribution in [1.82, 2.24) is 0 Å². The molecule has 188 valence electrons. The van der Waals surface area contributed by atoms with Crippen LogP contribution in [0.5, 0.6) is 40.2 Å². The molecule has 3 aromatic rings. The number of benzene rings is 3. The predicted molar refractivity (Wildman–Crippen MR) is 130 cm³/mol. The van der Waals surface area contributed by atoms with E-state index in [9.17, 15) is 9.59 Å². The van der Waals surface area contributed by atoms with E-state index in [4.69, 9.17) is 33.2 Å². The molecule has 0 spiro atoms. The molecule has 3 heterocycles. The van der Waals surface area contributed by atoms with Crippen LogP contribution in [0.2, 0.25) is 0 Å². The molecule has 3 aromatic carbocycles. The molecule has 0 radical (unpaired) electrons. The Morgan fingerprint density at radius 1 is 0.811 bits per heavy atom. The molecule has 0 aliphatic carbocycles. The smallest absolute Gasteiger partial charge is 0.312 e. The average Bonchev–Trinajstić information content (AvgIpc) is 3.51. The number of ketones is 1. The molecule has 0 saturated carbocycles. The van der Waals surface area contributed by atoms with E-state index in [1.807, 2.05) is 6.07 Å². The topological polar surface area (TPSA) is 98.8 Å². The van der Waals surface area contributed by atoms with E-state index >= 15 is 0 Å². The number of hydrogen-bond acceptors (Lipinski definition) is 9. The highest BCUT2D eigenvalue weighted by atomic mass is 16.7. The first-order valence-electron chi connectivity index (χ1n) is 11.5. The maximum atomic E-state index is 13.3. The Morgan fingerprint density at radius 3 is 2.41 bits per heavy atom. The number of carbonyl (C=O) groups is 2. The molecule has 0 aromatic heterocycles. The van der Waals surface area contributed by atoms with Crippen molar-refractivity contribution in [3.05, 3.63) is 70.5 Å². The van der Waals surface area contributed by atoms with Gasteiger partial charge >= 0.3 is 5.97 Å². The third-order valence-corrected chi connectivity index (χ3v) is 6.57. The van der Waals surface area contributed by atoms with Crippen LogP contribution in [0.1, 0.15) is 39.4 Å². The zero-order chi connectivity index (χ0) is 25.7. The molecule has 3 aliphatic heterocycles. The molecule has 6 rings (SSSR count). The monoisotopic (exact) mass is 502 g/mol. The van der Waals surface area contributed by atoms with Gasteiger partial charge in [0.25, 0.3) is 0 Å². The van der Waals surface area contributed by atoms with E-state index in [2.05, 4.69) is 0 Å². The van der Waals surface area contributed by atoms with Gasteiger partial charge in [-0.2, -0.15) is 0 Å². The Morgan fingerprint density at radius 2 is 1.62 bits per heavy atom. The van der Waals surface area contributed by atoms with Crippen molar-refractivity contribution in [1.29, 1.82) is 0 Å². The van der Waals surface area contributed by atoms with Crippen LogP contribution in [-0.2, 0) is 4.79 Å². The minimum Gasteiger partial charge on any atom is -0.493 e. The quantitative estimate of drug-likeness (QED) is 0.284. The first-order valence-corrected chi connectivity index (χ1v) is 11.5. The van der Waals surface area contributed by atoms with Gasteiger partial charge in [-0.1, -0.05) is 6.07 Å². The summed E-state index contributed by atoms with van der Waals surface area (Å²) in [4.78, 5) is 25.8. The molecule has 0 fully saturated rings. The molecule has 3 aliphatic rings. The zero-order valence-corrected chi connectivity index (χ0v) is 20.3. The van der Waals surface area contributed by atoms with Gasteiger partial charge in [-0.3, -0.25) is 9.59 Å². The fraction of sp³-hybridized carbons (Fsp3) is 0.214. The summed E-state index contributed by atoms with van der Waals surface area (Å²) in [7, 11) is 4.63. The van der Waals surface area contributed by atoms with Crippen LogP contribution in [0, 0.1) is 0 Å². The highest BCUT2D eigenvalue weighted by molar-refractivity contribution is 6.15. The zero-order valence-electron chi connectivity index (χ0n) is 20.3. The molecule has 1 atom stereocenters. The molecule has 9 nitrogen and oxygen atoms in total. The van der Waals surface area contributed by atoms with Crippen molar-refractivity contribution in [2.75, 3.05) is 28.1 Å². The number of esters is 1. The maximum Gasteiger partial charge on any atom is 0.312 e. The van der Waals surface area contributed by atoms with E-state index in [-0.39, 0.29) is 30.7 Å². The highest BCUT2D eigenvalue weighted by Crippen LogP contribution is 2.51. The summed E-state index contributed by atoms with van der Waals surface area (Å²) in [5.41, 5.74) is 2.45. The van der Waals surface area contributed by atoms with Crippen molar-refractivity contribution in [3.8, 4) is 40.2 Å². The number of allylic oxidation sites excluding steroid dienone is 1. The Bertz CT molecular complexity index is 1490. The first kappa shape index (κ1) is 22.8. The summed E-state index contributed by atoms with van der Waals surface area (Å²) in [5, 5.41) is 0. The van der Waals surface area contributed by atoms with Gasteiger partial charge in [0.1, 0.15) is 11.5 Å². The van der Waals surface area contributed by atoms with Crippen LogP contribution in [0.25, 0.3) is 6.08 Å². The summed E-state index contributed by atoms with van der Waals surface area (Å²) in [6.45, 7) is 0.0791. The number of carbonyl (C=O) groups excluding carboxylic acids is 2. The van der Waals surface area contributed by atoms with E-state index in [1.54, 1.807) is 56.7 Å². The fourth-order valence-electron chi connectivity index (χ4n) is 4.84. The highest BCUT2D eigenvalue weighted by Gasteiger charge is 2.39. The Labute approximate surface area is 212 Å². The normalized spacial score (nSPS) is 18.1. The summed E-state index contributed by atoms with van der Waals surface area (Å²) >= 11 is 0. The maximum absolute atomic E-state index is 13.3. The predicted octanol–water partition coefficient (Wildman–Crippen LogP) is 4.50. The lowest BCUT2D eigenvalue weighted by molar-refractivity contribution is -0.135. The number of Topliss-reactive ketones (excluding diaryl/α,β-unsaturated/α-hetero) is 1. The molecule has 1 unspecified atom stereocenters. The molecule has 9 heteroatoms. The van der Waals surface area contributed by atoms with E-state index in [0.717, 1.165) is 5.56 Å². The summed E-state index contributed by atoms with van der Waals surface area (Å²) in [5.74, 6) is 2.36. The summed E-state index contributed by atoms with van der Waals surface area (Å²) in [6.07, 6.45) is 1.70. The lowest BCUT2D eigenvalue weighted by atomic mass is 9.84. The second-order valence-electron chi connectivity index (χ2n) is 8.60. The van der Waals surface area contributed by atoms with Crippen molar-refractivity contribution in [2.45, 2.75) is 12.3 Å². The standard InChI is InChI=1S/C28H22O9/c1-31-18-6-4-14(8-20(18)32-2)9-21-26(30)16-5-7-19-25(27(16)37-21)17(12-24(29)36-19)15-10-22(33-3)28-23(11-15)34-13-35-28/h4-11,17H,12-13H2,1-3H3/b21-9-. The Hall–Kier alpha value is -4.66. The average molecular weight is 502 g/mol. The summed E-state index contributed by atoms with van der Waals surface area (Å²) < 4.78 is 38.9. The lowest BCUT2D eigenvalue weighted by Gasteiger charge is -2.26. The van der Waals surface area contributed by atoms with Gasteiger partial charge in [0.05, 0.1) is 33.3 Å². The third kappa shape index (κ3) is 3.70. The van der Waals surface area contributed by atoms with Gasteiger partial charge < -0.3 is 33.2 Å². The van der Waals surface area contributed by atoms with E-state index in [1.165, 1.54) is 7.11 Å². The molecule has 0 saturated heterocycles. The van der Waals surface area contributed by atoms with Crippen LogP contribution in [0.4, 0.5) is 0 Å². The van der Waals surface area contributed by atoms with Crippen LogP contribution >= 0.6 is 0 Å². The Kier molecular flexibility index (Phi) is 5.40. The van der Waals surface area contributed by atoms with Gasteiger partial charge in [0.15, 0.2) is 28.8 Å². The van der Waals surface area contributed by atoms with Crippen molar-refractivity contribution < 1.29 is 42.7 Å². The van der Waals surface area contributed by atoms with Gasteiger partial charge in [0.2, 0.25) is 18.3 Å². The molecule has 37 heavy (non-hydrogen) atoms. The van der Waals surface area contributed by atoms with Gasteiger partial charge in [-0.25, -0.2) is 0 Å². The number of ether oxygens (including phenoxy) is 7. The number of fused-ring (bicyclic) bond motifs is 4. The van der Waals surface area contributed by atoms with Crippen LogP contribution < -0.4 is 33.2 Å². The Balaban J connectivity index is 1.43.